The number of anilines is 3. The molecule has 1 saturated heterocycles. The molecule has 154 valence electrons. The van der Waals surface area contributed by atoms with E-state index in [1.165, 1.54) is 0 Å². The molecule has 2 aromatic carbocycles. The maximum Gasteiger partial charge on any atom is 0.253 e. The number of nitrogens with zero attached hydrogens (tertiary/aromatic N) is 5. The smallest absolute Gasteiger partial charge is 0.253 e. The molecule has 0 spiro atoms. The quantitative estimate of drug-likeness (QED) is 0.553. The Morgan fingerprint density at radius 2 is 1.58 bits per heavy atom. The summed E-state index contributed by atoms with van der Waals surface area (Å²) in [5, 5.41) is 14.1. The zero-order valence-corrected chi connectivity index (χ0v) is 17.0. The summed E-state index contributed by atoms with van der Waals surface area (Å²) in [7, 11) is 0. The predicted molar refractivity (Wildman–Crippen MR) is 122 cm³/mol. The van der Waals surface area contributed by atoms with E-state index in [9.17, 15) is 4.79 Å². The van der Waals surface area contributed by atoms with E-state index >= 15 is 0 Å². The number of carbonyl (C=O) groups excluding carboxylic acids is 1. The van der Waals surface area contributed by atoms with Crippen LogP contribution >= 0.6 is 0 Å². The second-order valence-corrected chi connectivity index (χ2v) is 7.48. The molecule has 31 heavy (non-hydrogen) atoms. The Morgan fingerprint density at radius 1 is 0.806 bits per heavy atom. The van der Waals surface area contributed by atoms with Crippen molar-refractivity contribution < 1.29 is 4.79 Å². The molecule has 3 heterocycles. The molecule has 1 amide bonds. The van der Waals surface area contributed by atoms with Crippen LogP contribution in [0.5, 0.6) is 0 Å². The topological polar surface area (TPSA) is 74.2 Å². The summed E-state index contributed by atoms with van der Waals surface area (Å²) in [5.41, 5.74) is 1.65. The van der Waals surface area contributed by atoms with Gasteiger partial charge in [-0.1, -0.05) is 30.3 Å². The Morgan fingerprint density at radius 3 is 2.32 bits per heavy atom. The molecule has 0 aliphatic carbocycles. The highest BCUT2D eigenvalue weighted by Crippen LogP contribution is 2.20. The second kappa shape index (κ2) is 8.39. The van der Waals surface area contributed by atoms with Crippen LogP contribution in [0.3, 0.4) is 0 Å². The van der Waals surface area contributed by atoms with E-state index < -0.39 is 0 Å². The normalized spacial score (nSPS) is 13.9. The number of pyridine rings is 1. The fourth-order valence-corrected chi connectivity index (χ4v) is 3.79. The highest BCUT2D eigenvalue weighted by atomic mass is 16.2. The van der Waals surface area contributed by atoms with Crippen LogP contribution in [0.1, 0.15) is 10.4 Å². The first-order valence-corrected chi connectivity index (χ1v) is 10.3. The van der Waals surface area contributed by atoms with E-state index in [-0.39, 0.29) is 5.91 Å². The SMILES string of the molecule is O=C(c1ccc2ccccc2c1)N1CCN(c2ccc(Nc3ccncc3)nn2)CC1. The average Bonchev–Trinajstić information content (AvgIpc) is 2.84. The van der Waals surface area contributed by atoms with Crippen molar-refractivity contribution in [1.82, 2.24) is 20.1 Å². The van der Waals surface area contributed by atoms with Crippen LogP contribution in [0.2, 0.25) is 0 Å². The highest BCUT2D eigenvalue weighted by Gasteiger charge is 2.23. The molecule has 7 heteroatoms. The van der Waals surface area contributed by atoms with E-state index in [2.05, 4.69) is 31.5 Å². The fourth-order valence-electron chi connectivity index (χ4n) is 3.79. The first-order chi connectivity index (χ1) is 15.3. The van der Waals surface area contributed by atoms with Gasteiger partial charge < -0.3 is 15.1 Å². The molecule has 0 radical (unpaired) electrons. The van der Waals surface area contributed by atoms with Crippen LogP contribution in [0.15, 0.2) is 79.1 Å². The van der Waals surface area contributed by atoms with Crippen molar-refractivity contribution in [2.75, 3.05) is 36.4 Å². The molecular weight excluding hydrogens is 388 g/mol. The maximum atomic E-state index is 13.0. The van der Waals surface area contributed by atoms with E-state index in [0.29, 0.717) is 18.9 Å². The van der Waals surface area contributed by atoms with Gasteiger partial charge in [0.25, 0.3) is 5.91 Å². The van der Waals surface area contributed by atoms with Crippen molar-refractivity contribution >= 4 is 34.0 Å². The number of fused-ring (bicyclic) bond motifs is 1. The van der Waals surface area contributed by atoms with Crippen molar-refractivity contribution in [1.29, 1.82) is 0 Å². The number of hydrogen-bond acceptors (Lipinski definition) is 6. The van der Waals surface area contributed by atoms with Crippen LogP contribution in [-0.4, -0.2) is 52.2 Å². The molecule has 4 aromatic rings. The number of carbonyl (C=O) groups is 1. The lowest BCUT2D eigenvalue weighted by Gasteiger charge is -2.35. The summed E-state index contributed by atoms with van der Waals surface area (Å²) in [5.74, 6) is 1.58. The monoisotopic (exact) mass is 410 g/mol. The summed E-state index contributed by atoms with van der Waals surface area (Å²) >= 11 is 0. The Bertz CT molecular complexity index is 1190. The summed E-state index contributed by atoms with van der Waals surface area (Å²) in [6, 6.07) is 21.6. The number of amides is 1. The van der Waals surface area contributed by atoms with Crippen LogP contribution in [0.25, 0.3) is 10.8 Å². The third-order valence-corrected chi connectivity index (χ3v) is 5.49. The number of nitrogens with one attached hydrogen (secondary N) is 1. The second-order valence-electron chi connectivity index (χ2n) is 7.48. The van der Waals surface area contributed by atoms with Crippen molar-refractivity contribution in [2.24, 2.45) is 0 Å². The zero-order valence-electron chi connectivity index (χ0n) is 17.0. The lowest BCUT2D eigenvalue weighted by molar-refractivity contribution is 0.0746. The lowest BCUT2D eigenvalue weighted by atomic mass is 10.1. The zero-order chi connectivity index (χ0) is 21.0. The van der Waals surface area contributed by atoms with Gasteiger partial charge in [0.15, 0.2) is 11.6 Å². The summed E-state index contributed by atoms with van der Waals surface area (Å²) < 4.78 is 0. The standard InChI is InChI=1S/C24H22N6O/c31-24(20-6-5-18-3-1-2-4-19(18)17-20)30-15-13-29(14-16-30)23-8-7-22(27-28-23)26-21-9-11-25-12-10-21/h1-12,17H,13-16H2,(H,25,26,27). The number of piperazine rings is 1. The Hall–Kier alpha value is -4.00. The fraction of sp³-hybridized carbons (Fsp3) is 0.167. The van der Waals surface area contributed by atoms with Gasteiger partial charge in [-0.15, -0.1) is 10.2 Å². The summed E-state index contributed by atoms with van der Waals surface area (Å²) in [6.07, 6.45) is 3.45. The number of rotatable bonds is 4. The van der Waals surface area contributed by atoms with Crippen molar-refractivity contribution in [2.45, 2.75) is 0 Å². The van der Waals surface area contributed by atoms with E-state index in [0.717, 1.165) is 40.9 Å². The largest absolute Gasteiger partial charge is 0.352 e. The molecule has 2 aromatic heterocycles. The molecule has 7 nitrogen and oxygen atoms in total. The van der Waals surface area contributed by atoms with Gasteiger partial charge in [-0.2, -0.15) is 0 Å². The molecule has 1 aliphatic rings. The molecule has 0 saturated carbocycles. The predicted octanol–water partition coefficient (Wildman–Crippen LogP) is 3.73. The summed E-state index contributed by atoms with van der Waals surface area (Å²) in [4.78, 5) is 21.0. The van der Waals surface area contributed by atoms with Crippen molar-refractivity contribution in [3.8, 4) is 0 Å². The summed E-state index contributed by atoms with van der Waals surface area (Å²) in [6.45, 7) is 2.77. The van der Waals surface area contributed by atoms with E-state index in [1.54, 1.807) is 12.4 Å². The van der Waals surface area contributed by atoms with Gasteiger partial charge in [-0.3, -0.25) is 9.78 Å². The molecule has 0 unspecified atom stereocenters. The number of hydrogen-bond donors (Lipinski definition) is 1. The molecule has 0 bridgehead atoms. The van der Waals surface area contributed by atoms with Gasteiger partial charge in [-0.05, 0) is 47.2 Å². The minimum Gasteiger partial charge on any atom is -0.352 e. The maximum absolute atomic E-state index is 13.0. The molecule has 1 fully saturated rings. The van der Waals surface area contributed by atoms with Crippen LogP contribution < -0.4 is 10.2 Å². The van der Waals surface area contributed by atoms with E-state index in [1.807, 2.05) is 65.6 Å². The molecule has 5 rings (SSSR count). The van der Waals surface area contributed by atoms with Crippen LogP contribution in [-0.2, 0) is 0 Å². The van der Waals surface area contributed by atoms with Gasteiger partial charge in [0, 0.05) is 49.8 Å². The molecular formula is C24H22N6O. The van der Waals surface area contributed by atoms with Gasteiger partial charge >= 0.3 is 0 Å². The number of aromatic nitrogens is 3. The van der Waals surface area contributed by atoms with Gasteiger partial charge in [0.2, 0.25) is 0 Å². The van der Waals surface area contributed by atoms with Crippen molar-refractivity contribution in [3.05, 3.63) is 84.7 Å². The van der Waals surface area contributed by atoms with Gasteiger partial charge in [0.1, 0.15) is 0 Å². The van der Waals surface area contributed by atoms with E-state index in [4.69, 9.17) is 0 Å². The minimum absolute atomic E-state index is 0.0772. The molecule has 1 aliphatic heterocycles. The minimum atomic E-state index is 0.0772. The van der Waals surface area contributed by atoms with Crippen molar-refractivity contribution in [3.63, 3.8) is 0 Å². The van der Waals surface area contributed by atoms with Crippen LogP contribution in [0, 0.1) is 0 Å². The first-order valence-electron chi connectivity index (χ1n) is 10.3. The Kier molecular flexibility index (Phi) is 5.14. The molecule has 1 N–H and O–H groups in total. The number of benzene rings is 2. The Balaban J connectivity index is 1.21. The van der Waals surface area contributed by atoms with Gasteiger partial charge in [0.05, 0.1) is 0 Å². The Labute approximate surface area is 180 Å². The van der Waals surface area contributed by atoms with Gasteiger partial charge in [-0.25, -0.2) is 0 Å². The lowest BCUT2D eigenvalue weighted by Crippen LogP contribution is -2.49. The molecule has 0 atom stereocenters. The third-order valence-electron chi connectivity index (χ3n) is 5.49. The average molecular weight is 410 g/mol. The first kappa shape index (κ1) is 19.0. The highest BCUT2D eigenvalue weighted by molar-refractivity contribution is 5.98. The third kappa shape index (κ3) is 4.16. The van der Waals surface area contributed by atoms with Crippen LogP contribution in [0.4, 0.5) is 17.3 Å².